The Hall–Kier alpha value is -1.47. The first-order valence-corrected chi connectivity index (χ1v) is 8.45. The number of nitrogens with one attached hydrogen (secondary N) is 1. The van der Waals surface area contributed by atoms with Crippen molar-refractivity contribution >= 4 is 23.3 Å². The minimum Gasteiger partial charge on any atom is -0.322 e. The molecule has 1 N–H and O–H groups in total. The maximum Gasteiger partial charge on any atom is 0.325 e. The fraction of sp³-hybridized carbons (Fsp3) is 0.667. The molecule has 1 aromatic heterocycles. The van der Waals surface area contributed by atoms with Crippen molar-refractivity contribution in [1.29, 1.82) is 0 Å². The van der Waals surface area contributed by atoms with Crippen LogP contribution in [0.1, 0.15) is 35.8 Å². The molecule has 0 aliphatic carbocycles. The lowest BCUT2D eigenvalue weighted by atomic mass is 9.98. The number of carbonyl (C=O) groups excluding carboxylic acids is 2. The highest BCUT2D eigenvalue weighted by Gasteiger charge is 2.55. The normalized spacial score (nSPS) is 25.8. The van der Waals surface area contributed by atoms with Crippen LogP contribution < -0.4 is 5.32 Å². The number of urea groups is 1. The number of thiazole rings is 1. The molecule has 0 aromatic carbocycles. The predicted molar refractivity (Wildman–Crippen MR) is 84.7 cm³/mol. The molecule has 2 fully saturated rings. The lowest BCUT2D eigenvalue weighted by Crippen LogP contribution is -2.49. The number of amides is 3. The quantitative estimate of drug-likeness (QED) is 0.860. The van der Waals surface area contributed by atoms with Crippen molar-refractivity contribution in [2.24, 2.45) is 0 Å². The molecule has 22 heavy (non-hydrogen) atoms. The van der Waals surface area contributed by atoms with Gasteiger partial charge in [0.15, 0.2) is 0 Å². The molecule has 3 amide bonds. The number of hydrogen-bond acceptors (Lipinski definition) is 5. The highest BCUT2D eigenvalue weighted by atomic mass is 32.1. The molecule has 0 bridgehead atoms. The number of aryl methyl sites for hydroxylation is 2. The molecule has 1 aromatic rings. The first kappa shape index (κ1) is 15.4. The molecular formula is C15H22N4O2S. The number of carbonyl (C=O) groups is 2. The van der Waals surface area contributed by atoms with Crippen LogP contribution in [0, 0.1) is 13.8 Å². The fourth-order valence-corrected chi connectivity index (χ4v) is 4.31. The van der Waals surface area contributed by atoms with Gasteiger partial charge >= 0.3 is 6.03 Å². The van der Waals surface area contributed by atoms with Crippen molar-refractivity contribution < 1.29 is 9.59 Å². The maximum atomic E-state index is 12.7. The van der Waals surface area contributed by atoms with Gasteiger partial charge in [0.2, 0.25) is 0 Å². The molecule has 0 saturated carbocycles. The second-order valence-corrected chi connectivity index (χ2v) is 7.77. The van der Waals surface area contributed by atoms with Crippen molar-refractivity contribution in [3.05, 3.63) is 15.6 Å². The highest BCUT2D eigenvalue weighted by Crippen LogP contribution is 2.31. The van der Waals surface area contributed by atoms with E-state index in [1.165, 1.54) is 9.78 Å². The molecule has 2 aliphatic heterocycles. The summed E-state index contributed by atoms with van der Waals surface area (Å²) in [5, 5.41) is 4.00. The van der Waals surface area contributed by atoms with E-state index in [0.29, 0.717) is 13.0 Å². The molecule has 1 atom stereocenters. The zero-order valence-corrected chi connectivity index (χ0v) is 14.3. The van der Waals surface area contributed by atoms with Crippen LogP contribution in [-0.2, 0) is 11.3 Å². The van der Waals surface area contributed by atoms with Gasteiger partial charge in [-0.15, -0.1) is 11.3 Å². The van der Waals surface area contributed by atoms with E-state index in [-0.39, 0.29) is 18.0 Å². The van der Waals surface area contributed by atoms with Crippen molar-refractivity contribution in [2.45, 2.75) is 52.2 Å². The number of hydrogen-bond donors (Lipinski definition) is 1. The Balaban J connectivity index is 1.73. The topological polar surface area (TPSA) is 65.5 Å². The van der Waals surface area contributed by atoms with Gasteiger partial charge in [-0.2, -0.15) is 0 Å². The molecule has 1 spiro atoms. The number of aromatic nitrogens is 1. The van der Waals surface area contributed by atoms with Gasteiger partial charge in [0.25, 0.3) is 5.91 Å². The summed E-state index contributed by atoms with van der Waals surface area (Å²) in [6.45, 7) is 9.95. The third-order valence-corrected chi connectivity index (χ3v) is 5.48. The summed E-state index contributed by atoms with van der Waals surface area (Å²) < 4.78 is 0. The summed E-state index contributed by atoms with van der Waals surface area (Å²) >= 11 is 1.70. The van der Waals surface area contributed by atoms with E-state index < -0.39 is 5.54 Å². The van der Waals surface area contributed by atoms with Crippen molar-refractivity contribution in [3.8, 4) is 0 Å². The molecule has 2 saturated heterocycles. The van der Waals surface area contributed by atoms with E-state index in [1.807, 2.05) is 27.7 Å². The minimum atomic E-state index is -0.727. The molecule has 7 heteroatoms. The fourth-order valence-electron chi connectivity index (χ4n) is 3.33. The lowest BCUT2D eigenvalue weighted by Gasteiger charge is -2.23. The summed E-state index contributed by atoms with van der Waals surface area (Å²) in [6, 6.07) is -0.362. The summed E-state index contributed by atoms with van der Waals surface area (Å²) in [7, 11) is 0. The molecule has 2 aliphatic rings. The second-order valence-electron chi connectivity index (χ2n) is 6.48. The Kier molecular flexibility index (Phi) is 3.72. The van der Waals surface area contributed by atoms with Crippen LogP contribution >= 0.6 is 11.3 Å². The summed E-state index contributed by atoms with van der Waals surface area (Å²) in [6.07, 6.45) is 0.678. The predicted octanol–water partition coefficient (Wildman–Crippen LogP) is 1.66. The van der Waals surface area contributed by atoms with Gasteiger partial charge in [0.1, 0.15) is 5.54 Å². The maximum absolute atomic E-state index is 12.7. The summed E-state index contributed by atoms with van der Waals surface area (Å²) in [5.74, 6) is -0.0767. The first-order valence-electron chi connectivity index (χ1n) is 7.63. The van der Waals surface area contributed by atoms with Crippen LogP contribution in [0.2, 0.25) is 0 Å². The third-order valence-electron chi connectivity index (χ3n) is 4.42. The Bertz CT molecular complexity index is 627. The van der Waals surface area contributed by atoms with E-state index in [1.54, 1.807) is 11.3 Å². The second kappa shape index (κ2) is 5.31. The van der Waals surface area contributed by atoms with Crippen LogP contribution in [0.15, 0.2) is 0 Å². The van der Waals surface area contributed by atoms with Gasteiger partial charge < -0.3 is 5.32 Å². The smallest absolute Gasteiger partial charge is 0.322 e. The summed E-state index contributed by atoms with van der Waals surface area (Å²) in [5.41, 5.74) is 0.337. The Morgan fingerprint density at radius 2 is 2.09 bits per heavy atom. The van der Waals surface area contributed by atoms with E-state index in [2.05, 4.69) is 15.2 Å². The lowest BCUT2D eigenvalue weighted by molar-refractivity contribution is -0.132. The monoisotopic (exact) mass is 322 g/mol. The number of rotatable bonds is 3. The Labute approximate surface area is 134 Å². The van der Waals surface area contributed by atoms with E-state index in [9.17, 15) is 9.59 Å². The van der Waals surface area contributed by atoms with Crippen LogP contribution in [0.3, 0.4) is 0 Å². The van der Waals surface area contributed by atoms with Gasteiger partial charge in [0.05, 0.1) is 10.7 Å². The summed E-state index contributed by atoms with van der Waals surface area (Å²) in [4.78, 5) is 34.0. The van der Waals surface area contributed by atoms with Crippen LogP contribution in [0.25, 0.3) is 0 Å². The van der Waals surface area contributed by atoms with Crippen LogP contribution in [0.5, 0.6) is 0 Å². The third kappa shape index (κ3) is 2.42. The van der Waals surface area contributed by atoms with Crippen LogP contribution in [0.4, 0.5) is 4.79 Å². The van der Waals surface area contributed by atoms with Gasteiger partial charge in [-0.1, -0.05) is 0 Å². The largest absolute Gasteiger partial charge is 0.325 e. The zero-order valence-electron chi connectivity index (χ0n) is 13.5. The molecule has 0 radical (unpaired) electrons. The average molecular weight is 322 g/mol. The minimum absolute atomic E-state index is 0.0767. The highest BCUT2D eigenvalue weighted by molar-refractivity contribution is 7.11. The number of nitrogens with zero attached hydrogens (tertiary/aromatic N) is 3. The van der Waals surface area contributed by atoms with Gasteiger partial charge in [-0.25, -0.2) is 9.78 Å². The standard InChI is InChI=1S/C15H22N4O2S/c1-9(2)19-13(20)15(17-14(19)21)5-6-18(8-15)7-12-10(3)16-11(4)22-12/h9H,5-8H2,1-4H3,(H,17,21)/t15-/m0/s1. The Morgan fingerprint density at radius 3 is 2.64 bits per heavy atom. The molecule has 3 rings (SSSR count). The first-order chi connectivity index (χ1) is 10.3. The Morgan fingerprint density at radius 1 is 1.36 bits per heavy atom. The van der Waals surface area contributed by atoms with E-state index in [0.717, 1.165) is 23.8 Å². The van der Waals surface area contributed by atoms with Crippen LogP contribution in [-0.4, -0.2) is 51.4 Å². The number of imide groups is 1. The van der Waals surface area contributed by atoms with Crippen molar-refractivity contribution in [2.75, 3.05) is 13.1 Å². The van der Waals surface area contributed by atoms with Gasteiger partial charge in [0, 0.05) is 30.6 Å². The zero-order chi connectivity index (χ0) is 16.1. The molecular weight excluding hydrogens is 300 g/mol. The van der Waals surface area contributed by atoms with Crippen molar-refractivity contribution in [3.63, 3.8) is 0 Å². The average Bonchev–Trinajstić information content (AvgIpc) is 3.01. The molecule has 120 valence electrons. The van der Waals surface area contributed by atoms with Crippen molar-refractivity contribution in [1.82, 2.24) is 20.1 Å². The number of likely N-dealkylation sites (tertiary alicyclic amines) is 1. The molecule has 3 heterocycles. The van der Waals surface area contributed by atoms with Gasteiger partial charge in [-0.3, -0.25) is 14.6 Å². The SMILES string of the molecule is Cc1nc(C)c(CN2CC[C@@]3(C2)NC(=O)N(C(C)C)C3=O)s1. The van der Waals surface area contributed by atoms with E-state index >= 15 is 0 Å². The van der Waals surface area contributed by atoms with E-state index in [4.69, 9.17) is 0 Å². The van der Waals surface area contributed by atoms with Gasteiger partial charge in [-0.05, 0) is 34.1 Å². The molecule has 0 unspecified atom stereocenters. The molecule has 6 nitrogen and oxygen atoms in total.